The third-order valence-corrected chi connectivity index (χ3v) is 3.65. The van der Waals surface area contributed by atoms with Gasteiger partial charge in [0.25, 0.3) is 5.91 Å². The molecule has 6 heteroatoms. The molecule has 3 rings (SSSR count). The molecule has 2 aromatic rings. The molecular formula is C16H14N2O4. The highest BCUT2D eigenvalue weighted by atomic mass is 16.5. The maximum absolute atomic E-state index is 12.5. The number of hydrogen-bond donors (Lipinski definition) is 1. The van der Waals surface area contributed by atoms with E-state index in [1.807, 2.05) is 0 Å². The van der Waals surface area contributed by atoms with Crippen LogP contribution < -0.4 is 0 Å². The topological polar surface area (TPSA) is 79.7 Å². The molecule has 1 amide bonds. The van der Waals surface area contributed by atoms with Crippen LogP contribution in [-0.4, -0.2) is 34.0 Å². The van der Waals surface area contributed by atoms with E-state index in [0.717, 1.165) is 0 Å². The first-order valence-electron chi connectivity index (χ1n) is 6.73. The molecule has 22 heavy (non-hydrogen) atoms. The van der Waals surface area contributed by atoms with Gasteiger partial charge in [-0.25, -0.2) is 4.79 Å². The van der Waals surface area contributed by atoms with Crippen molar-refractivity contribution in [3.05, 3.63) is 59.4 Å². The molecule has 0 saturated heterocycles. The number of hydrogen-bond acceptors (Lipinski definition) is 5. The van der Waals surface area contributed by atoms with Crippen molar-refractivity contribution < 1.29 is 19.4 Å². The number of benzene rings is 1. The number of esters is 1. The van der Waals surface area contributed by atoms with E-state index in [1.54, 1.807) is 30.5 Å². The quantitative estimate of drug-likeness (QED) is 0.872. The molecule has 1 N–H and O–H groups in total. The van der Waals surface area contributed by atoms with Crippen LogP contribution >= 0.6 is 0 Å². The minimum Gasteiger partial charge on any atom is -0.508 e. The molecule has 0 aliphatic carbocycles. The standard InChI is InChI=1S/C16H14N2O4/c1-22-16(21)14(10-4-6-11(19)7-5-10)18-9-13-12(15(18)20)3-2-8-17-13/h2-8,14,19H,9H2,1H3/t14-/m1/s1. The van der Waals surface area contributed by atoms with Gasteiger partial charge in [0.05, 0.1) is 24.9 Å². The van der Waals surface area contributed by atoms with Crippen molar-refractivity contribution in [1.82, 2.24) is 9.88 Å². The lowest BCUT2D eigenvalue weighted by atomic mass is 10.1. The van der Waals surface area contributed by atoms with Gasteiger partial charge < -0.3 is 14.7 Å². The summed E-state index contributed by atoms with van der Waals surface area (Å²) in [5, 5.41) is 9.39. The number of carbonyl (C=O) groups is 2. The van der Waals surface area contributed by atoms with Crippen molar-refractivity contribution in [1.29, 1.82) is 0 Å². The number of phenolic OH excluding ortho intramolecular Hbond substituents is 1. The molecule has 2 heterocycles. The van der Waals surface area contributed by atoms with Crippen molar-refractivity contribution in [2.24, 2.45) is 0 Å². The molecule has 1 atom stereocenters. The van der Waals surface area contributed by atoms with Gasteiger partial charge in [-0.2, -0.15) is 0 Å². The van der Waals surface area contributed by atoms with Crippen molar-refractivity contribution >= 4 is 11.9 Å². The van der Waals surface area contributed by atoms with Crippen LogP contribution in [0, 0.1) is 0 Å². The number of phenols is 1. The zero-order valence-electron chi connectivity index (χ0n) is 11.9. The Labute approximate surface area is 127 Å². The largest absolute Gasteiger partial charge is 0.508 e. The number of methoxy groups -OCH3 is 1. The predicted octanol–water partition coefficient (Wildman–Crippen LogP) is 1.66. The normalized spacial score (nSPS) is 14.6. The summed E-state index contributed by atoms with van der Waals surface area (Å²) in [4.78, 5) is 30.3. The number of pyridine rings is 1. The first-order valence-corrected chi connectivity index (χ1v) is 6.73. The van der Waals surface area contributed by atoms with Crippen molar-refractivity contribution in [2.75, 3.05) is 7.11 Å². The summed E-state index contributed by atoms with van der Waals surface area (Å²) in [7, 11) is 1.28. The van der Waals surface area contributed by atoms with Gasteiger partial charge in [0.2, 0.25) is 0 Å². The van der Waals surface area contributed by atoms with Crippen LogP contribution in [0.3, 0.4) is 0 Å². The average molecular weight is 298 g/mol. The summed E-state index contributed by atoms with van der Waals surface area (Å²) in [6, 6.07) is 8.65. The molecule has 1 aromatic carbocycles. The summed E-state index contributed by atoms with van der Waals surface area (Å²) in [6.45, 7) is 0.246. The van der Waals surface area contributed by atoms with Gasteiger partial charge in [0.1, 0.15) is 5.75 Å². The van der Waals surface area contributed by atoms with E-state index in [0.29, 0.717) is 16.8 Å². The molecule has 0 saturated carbocycles. The molecule has 0 radical (unpaired) electrons. The van der Waals surface area contributed by atoms with E-state index < -0.39 is 12.0 Å². The molecule has 0 bridgehead atoms. The zero-order valence-corrected chi connectivity index (χ0v) is 11.9. The minimum atomic E-state index is -0.868. The molecule has 6 nitrogen and oxygen atoms in total. The third kappa shape index (κ3) is 2.28. The average Bonchev–Trinajstić information content (AvgIpc) is 2.87. The highest BCUT2D eigenvalue weighted by Gasteiger charge is 2.38. The lowest BCUT2D eigenvalue weighted by Crippen LogP contribution is -2.35. The van der Waals surface area contributed by atoms with Crippen LogP contribution in [0.4, 0.5) is 0 Å². The van der Waals surface area contributed by atoms with Gasteiger partial charge in [0.15, 0.2) is 6.04 Å². The van der Waals surface area contributed by atoms with Gasteiger partial charge in [-0.05, 0) is 29.8 Å². The Morgan fingerprint density at radius 3 is 2.68 bits per heavy atom. The van der Waals surface area contributed by atoms with Crippen LogP contribution in [0.25, 0.3) is 0 Å². The maximum atomic E-state index is 12.5. The first-order chi connectivity index (χ1) is 10.6. The lowest BCUT2D eigenvalue weighted by molar-refractivity contribution is -0.146. The van der Waals surface area contributed by atoms with Crippen LogP contribution in [0.1, 0.15) is 27.7 Å². The van der Waals surface area contributed by atoms with Crippen molar-refractivity contribution in [3.8, 4) is 5.75 Å². The molecule has 0 spiro atoms. The molecule has 1 aromatic heterocycles. The summed E-state index contributed by atoms with van der Waals surface area (Å²) >= 11 is 0. The Bertz CT molecular complexity index is 727. The SMILES string of the molecule is COC(=O)[C@@H](c1ccc(O)cc1)N1Cc2ncccc2C1=O. The lowest BCUT2D eigenvalue weighted by Gasteiger charge is -2.25. The van der Waals surface area contributed by atoms with Crippen LogP contribution in [-0.2, 0) is 16.1 Å². The summed E-state index contributed by atoms with van der Waals surface area (Å²) in [6.07, 6.45) is 1.61. The second-order valence-corrected chi connectivity index (χ2v) is 4.95. The van der Waals surface area contributed by atoms with E-state index in [2.05, 4.69) is 4.98 Å². The number of aromatic hydroxyl groups is 1. The highest BCUT2D eigenvalue weighted by Crippen LogP contribution is 2.31. The number of carbonyl (C=O) groups excluding carboxylic acids is 2. The molecule has 1 aliphatic heterocycles. The van der Waals surface area contributed by atoms with Gasteiger partial charge in [0, 0.05) is 6.20 Å². The zero-order chi connectivity index (χ0) is 15.7. The Kier molecular flexibility index (Phi) is 3.50. The van der Waals surface area contributed by atoms with E-state index in [9.17, 15) is 14.7 Å². The van der Waals surface area contributed by atoms with Gasteiger partial charge in [-0.15, -0.1) is 0 Å². The van der Waals surface area contributed by atoms with Crippen molar-refractivity contribution in [2.45, 2.75) is 12.6 Å². The predicted molar refractivity (Wildman–Crippen MR) is 77.0 cm³/mol. The van der Waals surface area contributed by atoms with E-state index in [1.165, 1.54) is 24.1 Å². The monoisotopic (exact) mass is 298 g/mol. The Hall–Kier alpha value is -2.89. The van der Waals surface area contributed by atoms with Gasteiger partial charge in [-0.1, -0.05) is 12.1 Å². The van der Waals surface area contributed by atoms with E-state index in [4.69, 9.17) is 4.74 Å². The summed E-state index contributed by atoms with van der Waals surface area (Å²) in [5.41, 5.74) is 1.71. The maximum Gasteiger partial charge on any atom is 0.333 e. The third-order valence-electron chi connectivity index (χ3n) is 3.65. The number of amides is 1. The van der Waals surface area contributed by atoms with Crippen molar-refractivity contribution in [3.63, 3.8) is 0 Å². The molecule has 112 valence electrons. The Balaban J connectivity index is 2.00. The highest BCUT2D eigenvalue weighted by molar-refractivity contribution is 6.00. The summed E-state index contributed by atoms with van der Waals surface area (Å²) in [5.74, 6) is -0.705. The smallest absolute Gasteiger partial charge is 0.333 e. The second kappa shape index (κ2) is 5.48. The number of ether oxygens (including phenoxy) is 1. The Morgan fingerprint density at radius 1 is 1.32 bits per heavy atom. The number of rotatable bonds is 3. The van der Waals surface area contributed by atoms with Crippen LogP contribution in [0.15, 0.2) is 42.6 Å². The van der Waals surface area contributed by atoms with Crippen LogP contribution in [0.2, 0.25) is 0 Å². The van der Waals surface area contributed by atoms with Crippen LogP contribution in [0.5, 0.6) is 5.75 Å². The Morgan fingerprint density at radius 2 is 2.05 bits per heavy atom. The van der Waals surface area contributed by atoms with E-state index in [-0.39, 0.29) is 18.2 Å². The van der Waals surface area contributed by atoms with Gasteiger partial charge >= 0.3 is 5.97 Å². The molecule has 1 aliphatic rings. The number of aromatic nitrogens is 1. The number of nitrogens with zero attached hydrogens (tertiary/aromatic N) is 2. The second-order valence-electron chi connectivity index (χ2n) is 4.95. The fourth-order valence-corrected chi connectivity index (χ4v) is 2.57. The first kappa shape index (κ1) is 14.1. The number of fused-ring (bicyclic) bond motifs is 1. The fourth-order valence-electron chi connectivity index (χ4n) is 2.57. The fraction of sp³-hybridized carbons (Fsp3) is 0.188. The van der Waals surface area contributed by atoms with E-state index >= 15 is 0 Å². The molecule has 0 fully saturated rings. The molecule has 0 unspecified atom stereocenters. The van der Waals surface area contributed by atoms with Gasteiger partial charge in [-0.3, -0.25) is 9.78 Å². The summed E-state index contributed by atoms with van der Waals surface area (Å²) < 4.78 is 4.84. The molecular weight excluding hydrogens is 284 g/mol. The minimum absolute atomic E-state index is 0.0880.